The number of amides is 1. The lowest BCUT2D eigenvalue weighted by Crippen LogP contribution is -2.41. The van der Waals surface area contributed by atoms with Gasteiger partial charge in [0.25, 0.3) is 0 Å². The zero-order valence-electron chi connectivity index (χ0n) is 16.5. The van der Waals surface area contributed by atoms with Gasteiger partial charge in [0.15, 0.2) is 0 Å². The van der Waals surface area contributed by atoms with Crippen LogP contribution in [-0.2, 0) is 11.2 Å². The molecule has 3 nitrogen and oxygen atoms in total. The summed E-state index contributed by atoms with van der Waals surface area (Å²) in [6.07, 6.45) is 2.04. The van der Waals surface area contributed by atoms with Gasteiger partial charge >= 0.3 is 0 Å². The van der Waals surface area contributed by atoms with Crippen LogP contribution in [0.2, 0.25) is 0 Å². The van der Waals surface area contributed by atoms with Crippen molar-refractivity contribution in [3.63, 3.8) is 0 Å². The number of hydrogen-bond donors (Lipinski definition) is 1. The smallest absolute Gasteiger partial charge is 0.220 e. The summed E-state index contributed by atoms with van der Waals surface area (Å²) >= 11 is 0. The highest BCUT2D eigenvalue weighted by Gasteiger charge is 2.34. The number of carbonyl (C=O) groups is 1. The molecule has 1 atom stereocenters. The fourth-order valence-electron chi connectivity index (χ4n) is 3.57. The molecule has 0 saturated carbocycles. The van der Waals surface area contributed by atoms with Crippen molar-refractivity contribution in [3.05, 3.63) is 64.2 Å². The summed E-state index contributed by atoms with van der Waals surface area (Å²) in [4.78, 5) is 12.6. The first-order valence-corrected chi connectivity index (χ1v) is 9.38. The van der Waals surface area contributed by atoms with Crippen molar-refractivity contribution in [1.29, 1.82) is 0 Å². The van der Waals surface area contributed by atoms with E-state index in [1.807, 2.05) is 0 Å². The van der Waals surface area contributed by atoms with Crippen molar-refractivity contribution >= 4 is 5.91 Å². The van der Waals surface area contributed by atoms with E-state index in [4.69, 9.17) is 4.74 Å². The molecule has 0 radical (unpaired) electrons. The minimum Gasteiger partial charge on any atom is -0.487 e. The van der Waals surface area contributed by atoms with Crippen molar-refractivity contribution in [2.75, 3.05) is 0 Å². The van der Waals surface area contributed by atoms with Crippen molar-refractivity contribution in [1.82, 2.24) is 5.32 Å². The Balaban J connectivity index is 1.68. The van der Waals surface area contributed by atoms with Gasteiger partial charge in [0.05, 0.1) is 6.04 Å². The number of benzene rings is 2. The van der Waals surface area contributed by atoms with Crippen molar-refractivity contribution in [2.24, 2.45) is 0 Å². The topological polar surface area (TPSA) is 38.3 Å². The van der Waals surface area contributed by atoms with Crippen LogP contribution in [0.3, 0.4) is 0 Å². The Morgan fingerprint density at radius 2 is 1.88 bits per heavy atom. The molecular formula is C23H29NO2. The van der Waals surface area contributed by atoms with E-state index in [0.717, 1.165) is 24.2 Å². The molecule has 0 aliphatic carbocycles. The molecule has 2 aromatic rings. The van der Waals surface area contributed by atoms with E-state index in [-0.39, 0.29) is 17.6 Å². The molecule has 3 heteroatoms. The monoisotopic (exact) mass is 351 g/mol. The third kappa shape index (κ3) is 4.27. The van der Waals surface area contributed by atoms with Gasteiger partial charge in [-0.2, -0.15) is 0 Å². The maximum atomic E-state index is 12.6. The fraction of sp³-hybridized carbons (Fsp3) is 0.435. The average Bonchev–Trinajstić information content (AvgIpc) is 2.54. The van der Waals surface area contributed by atoms with Gasteiger partial charge in [-0.3, -0.25) is 4.79 Å². The first kappa shape index (κ1) is 18.5. The SMILES string of the molecule is Cc1ccc2c(c1)OC(C)(C)C[C@H]2NC(=O)CCc1ccc(C)c(C)c1. The number of hydrogen-bond acceptors (Lipinski definition) is 2. The van der Waals surface area contributed by atoms with Gasteiger partial charge in [0.1, 0.15) is 11.4 Å². The summed E-state index contributed by atoms with van der Waals surface area (Å²) < 4.78 is 6.11. The summed E-state index contributed by atoms with van der Waals surface area (Å²) in [6, 6.07) is 12.6. The lowest BCUT2D eigenvalue weighted by Gasteiger charge is -2.38. The standard InChI is InChI=1S/C23H29NO2/c1-15-6-10-19-20(14-23(4,5)26-21(19)12-15)24-22(25)11-9-18-8-7-16(2)17(3)13-18/h6-8,10,12-13,20H,9,11,14H2,1-5H3,(H,24,25)/t20-/m1/s1. The molecule has 2 aromatic carbocycles. The van der Waals surface area contributed by atoms with Crippen LogP contribution >= 0.6 is 0 Å². The molecule has 3 rings (SSSR count). The molecule has 26 heavy (non-hydrogen) atoms. The van der Waals surface area contributed by atoms with Gasteiger partial charge in [-0.05, 0) is 69.4 Å². The molecule has 138 valence electrons. The normalized spacial score (nSPS) is 18.0. The zero-order chi connectivity index (χ0) is 18.9. The Morgan fingerprint density at radius 1 is 1.12 bits per heavy atom. The van der Waals surface area contributed by atoms with E-state index >= 15 is 0 Å². The molecule has 0 saturated heterocycles. The Kier molecular flexibility index (Phi) is 5.08. The van der Waals surface area contributed by atoms with E-state index in [1.54, 1.807) is 0 Å². The lowest BCUT2D eigenvalue weighted by atomic mass is 9.89. The summed E-state index contributed by atoms with van der Waals surface area (Å²) in [7, 11) is 0. The largest absolute Gasteiger partial charge is 0.487 e. The van der Waals surface area contributed by atoms with Crippen molar-refractivity contribution < 1.29 is 9.53 Å². The second kappa shape index (κ2) is 7.14. The molecule has 0 aromatic heterocycles. The molecule has 1 N–H and O–H groups in total. The molecular weight excluding hydrogens is 322 g/mol. The molecule has 0 fully saturated rings. The van der Waals surface area contributed by atoms with Crippen LogP contribution < -0.4 is 10.1 Å². The number of aryl methyl sites for hydroxylation is 4. The van der Waals surface area contributed by atoms with Gasteiger partial charge in [-0.1, -0.05) is 30.3 Å². The summed E-state index contributed by atoms with van der Waals surface area (Å²) in [5.41, 5.74) is 5.74. The minimum atomic E-state index is -0.285. The van der Waals surface area contributed by atoms with E-state index in [9.17, 15) is 4.79 Å². The first-order valence-electron chi connectivity index (χ1n) is 9.38. The van der Waals surface area contributed by atoms with Crippen LogP contribution in [0, 0.1) is 20.8 Å². The zero-order valence-corrected chi connectivity index (χ0v) is 16.5. The number of carbonyl (C=O) groups excluding carboxylic acids is 1. The Bertz CT molecular complexity index is 823. The highest BCUT2D eigenvalue weighted by molar-refractivity contribution is 5.77. The number of fused-ring (bicyclic) bond motifs is 1. The quantitative estimate of drug-likeness (QED) is 0.845. The van der Waals surface area contributed by atoms with Gasteiger partial charge in [-0.25, -0.2) is 0 Å². The number of rotatable bonds is 4. The first-order chi connectivity index (χ1) is 12.2. The highest BCUT2D eigenvalue weighted by atomic mass is 16.5. The maximum absolute atomic E-state index is 12.6. The van der Waals surface area contributed by atoms with Crippen LogP contribution in [0.5, 0.6) is 5.75 Å². The summed E-state index contributed by atoms with van der Waals surface area (Å²) in [5.74, 6) is 0.984. The van der Waals surface area contributed by atoms with Crippen LogP contribution in [0.15, 0.2) is 36.4 Å². The van der Waals surface area contributed by atoms with Crippen LogP contribution in [-0.4, -0.2) is 11.5 Å². The number of nitrogens with one attached hydrogen (secondary N) is 1. The molecule has 0 unspecified atom stereocenters. The maximum Gasteiger partial charge on any atom is 0.220 e. The van der Waals surface area contributed by atoms with Crippen LogP contribution in [0.25, 0.3) is 0 Å². The third-order valence-electron chi connectivity index (χ3n) is 5.17. The molecule has 0 spiro atoms. The third-order valence-corrected chi connectivity index (χ3v) is 5.17. The van der Waals surface area contributed by atoms with E-state index in [0.29, 0.717) is 6.42 Å². The average molecular weight is 351 g/mol. The van der Waals surface area contributed by atoms with E-state index in [2.05, 4.69) is 76.3 Å². The Hall–Kier alpha value is -2.29. The molecule has 0 bridgehead atoms. The van der Waals surface area contributed by atoms with E-state index < -0.39 is 0 Å². The van der Waals surface area contributed by atoms with Gasteiger partial charge in [0.2, 0.25) is 5.91 Å². The fourth-order valence-corrected chi connectivity index (χ4v) is 3.57. The van der Waals surface area contributed by atoms with Gasteiger partial charge < -0.3 is 10.1 Å². The Labute approximate surface area is 156 Å². The molecule has 1 amide bonds. The predicted octanol–water partition coefficient (Wildman–Crippen LogP) is 4.96. The minimum absolute atomic E-state index is 0.00149. The van der Waals surface area contributed by atoms with Gasteiger partial charge in [-0.15, -0.1) is 0 Å². The lowest BCUT2D eigenvalue weighted by molar-refractivity contribution is -0.122. The predicted molar refractivity (Wildman–Crippen MR) is 106 cm³/mol. The summed E-state index contributed by atoms with van der Waals surface area (Å²) in [5, 5.41) is 3.23. The molecule has 1 heterocycles. The van der Waals surface area contributed by atoms with Crippen LogP contribution in [0.1, 0.15) is 60.5 Å². The highest BCUT2D eigenvalue weighted by Crippen LogP contribution is 2.39. The second-order valence-corrected chi connectivity index (χ2v) is 8.15. The molecule has 1 aliphatic heterocycles. The van der Waals surface area contributed by atoms with Crippen LogP contribution in [0.4, 0.5) is 0 Å². The van der Waals surface area contributed by atoms with Crippen molar-refractivity contribution in [2.45, 2.75) is 65.5 Å². The number of ether oxygens (including phenoxy) is 1. The second-order valence-electron chi connectivity index (χ2n) is 8.15. The molecule has 1 aliphatic rings. The van der Waals surface area contributed by atoms with E-state index in [1.165, 1.54) is 22.3 Å². The summed E-state index contributed by atoms with van der Waals surface area (Å²) in [6.45, 7) is 10.4. The van der Waals surface area contributed by atoms with Crippen molar-refractivity contribution in [3.8, 4) is 5.75 Å². The van der Waals surface area contributed by atoms with Gasteiger partial charge in [0, 0.05) is 18.4 Å². The Morgan fingerprint density at radius 3 is 2.62 bits per heavy atom.